The second kappa shape index (κ2) is 9.66. The molecule has 0 aliphatic rings. The summed E-state index contributed by atoms with van der Waals surface area (Å²) in [5, 5.41) is 7.32. The standard InChI is InChI=1S/C23H19ClN4O5/c1-2-32-23(31)14-7-9-15(10-8-14)26-18(29)11-12-28-13-25-21-19(22(28)30)20(27-33-21)16-5-3-4-6-17(16)24/h3-10,13H,2,11-12H2,1H3,(H,26,29). The molecular formula is C23H19ClN4O5. The van der Waals surface area contributed by atoms with Gasteiger partial charge in [-0.1, -0.05) is 35.0 Å². The Morgan fingerprint density at radius 2 is 1.91 bits per heavy atom. The van der Waals surface area contributed by atoms with Crippen LogP contribution in [0.15, 0.2) is 64.2 Å². The third-order valence-corrected chi connectivity index (χ3v) is 5.18. The van der Waals surface area contributed by atoms with Gasteiger partial charge in [0, 0.05) is 24.2 Å². The molecule has 2 aromatic heterocycles. The highest BCUT2D eigenvalue weighted by Crippen LogP contribution is 2.30. The molecule has 168 valence electrons. The summed E-state index contributed by atoms with van der Waals surface area (Å²) in [5.74, 6) is -0.731. The normalized spacial score (nSPS) is 10.8. The number of amides is 1. The van der Waals surface area contributed by atoms with Gasteiger partial charge in [-0.2, -0.15) is 0 Å². The Kier molecular flexibility index (Phi) is 6.50. The number of hydrogen-bond acceptors (Lipinski definition) is 7. The molecule has 2 aromatic carbocycles. The van der Waals surface area contributed by atoms with E-state index in [0.29, 0.717) is 27.5 Å². The first-order valence-electron chi connectivity index (χ1n) is 10.1. The number of hydrogen-bond donors (Lipinski definition) is 1. The number of benzene rings is 2. The van der Waals surface area contributed by atoms with E-state index in [1.54, 1.807) is 55.5 Å². The lowest BCUT2D eigenvalue weighted by Gasteiger charge is -2.08. The van der Waals surface area contributed by atoms with Crippen molar-refractivity contribution in [2.24, 2.45) is 0 Å². The van der Waals surface area contributed by atoms with Gasteiger partial charge < -0.3 is 14.6 Å². The second-order valence-electron chi connectivity index (χ2n) is 7.03. The maximum Gasteiger partial charge on any atom is 0.338 e. The van der Waals surface area contributed by atoms with E-state index in [9.17, 15) is 14.4 Å². The van der Waals surface area contributed by atoms with Crippen LogP contribution in [0, 0.1) is 0 Å². The number of carbonyl (C=O) groups excluding carboxylic acids is 2. The molecule has 0 aliphatic carbocycles. The molecule has 0 bridgehead atoms. The number of rotatable bonds is 7. The zero-order valence-electron chi connectivity index (χ0n) is 17.6. The van der Waals surface area contributed by atoms with Crippen LogP contribution in [0.25, 0.3) is 22.4 Å². The zero-order chi connectivity index (χ0) is 23.4. The molecule has 0 radical (unpaired) electrons. The predicted molar refractivity (Wildman–Crippen MR) is 122 cm³/mol. The summed E-state index contributed by atoms with van der Waals surface area (Å²) in [6, 6.07) is 13.3. The number of esters is 1. The van der Waals surface area contributed by atoms with Crippen LogP contribution >= 0.6 is 11.6 Å². The van der Waals surface area contributed by atoms with Crippen molar-refractivity contribution in [2.75, 3.05) is 11.9 Å². The summed E-state index contributed by atoms with van der Waals surface area (Å²) in [5.41, 5.74) is 1.48. The number of anilines is 1. The Morgan fingerprint density at radius 3 is 2.64 bits per heavy atom. The monoisotopic (exact) mass is 466 g/mol. The van der Waals surface area contributed by atoms with Gasteiger partial charge in [0.25, 0.3) is 11.3 Å². The minimum Gasteiger partial charge on any atom is -0.462 e. The number of ether oxygens (including phenoxy) is 1. The number of fused-ring (bicyclic) bond motifs is 1. The van der Waals surface area contributed by atoms with E-state index in [0.717, 1.165) is 0 Å². The predicted octanol–water partition coefficient (Wildman–Crippen LogP) is 3.91. The van der Waals surface area contributed by atoms with Crippen molar-refractivity contribution in [1.82, 2.24) is 14.7 Å². The lowest BCUT2D eigenvalue weighted by atomic mass is 10.1. The van der Waals surface area contributed by atoms with Crippen molar-refractivity contribution >= 4 is 40.3 Å². The van der Waals surface area contributed by atoms with E-state index >= 15 is 0 Å². The lowest BCUT2D eigenvalue weighted by molar-refractivity contribution is -0.116. The van der Waals surface area contributed by atoms with Gasteiger partial charge in [-0.15, -0.1) is 0 Å². The number of aromatic nitrogens is 3. The van der Waals surface area contributed by atoms with Gasteiger partial charge in [0.1, 0.15) is 17.4 Å². The summed E-state index contributed by atoms with van der Waals surface area (Å²) >= 11 is 6.24. The smallest absolute Gasteiger partial charge is 0.338 e. The van der Waals surface area contributed by atoms with Crippen LogP contribution in [-0.4, -0.2) is 33.2 Å². The topological polar surface area (TPSA) is 116 Å². The molecule has 0 aliphatic heterocycles. The number of nitrogens with one attached hydrogen (secondary N) is 1. The van der Waals surface area contributed by atoms with Gasteiger partial charge in [0.2, 0.25) is 5.91 Å². The first-order chi connectivity index (χ1) is 16.0. The van der Waals surface area contributed by atoms with Crippen molar-refractivity contribution in [3.05, 3.63) is 75.8 Å². The Balaban J connectivity index is 1.47. The van der Waals surface area contributed by atoms with Crippen LogP contribution < -0.4 is 10.9 Å². The molecule has 10 heteroatoms. The summed E-state index contributed by atoms with van der Waals surface area (Å²) in [7, 11) is 0. The molecular weight excluding hydrogens is 448 g/mol. The molecule has 2 heterocycles. The van der Waals surface area contributed by atoms with Gasteiger partial charge in [-0.25, -0.2) is 9.78 Å². The lowest BCUT2D eigenvalue weighted by Crippen LogP contribution is -2.23. The second-order valence-corrected chi connectivity index (χ2v) is 7.44. The largest absolute Gasteiger partial charge is 0.462 e. The third kappa shape index (κ3) is 4.78. The van der Waals surface area contributed by atoms with Crippen molar-refractivity contribution in [3.63, 3.8) is 0 Å². The van der Waals surface area contributed by atoms with Crippen LogP contribution in [-0.2, 0) is 16.1 Å². The Hall–Kier alpha value is -3.98. The third-order valence-electron chi connectivity index (χ3n) is 4.85. The summed E-state index contributed by atoms with van der Waals surface area (Å²) in [6.07, 6.45) is 1.34. The Bertz CT molecular complexity index is 1380. The molecule has 0 unspecified atom stereocenters. The average Bonchev–Trinajstić information content (AvgIpc) is 3.24. The molecule has 4 rings (SSSR count). The zero-order valence-corrected chi connectivity index (χ0v) is 18.3. The van der Waals surface area contributed by atoms with E-state index in [-0.39, 0.29) is 42.1 Å². The molecule has 1 amide bonds. The Labute approximate surface area is 192 Å². The highest BCUT2D eigenvalue weighted by molar-refractivity contribution is 6.33. The number of nitrogens with zero attached hydrogens (tertiary/aromatic N) is 3. The van der Waals surface area contributed by atoms with Crippen molar-refractivity contribution < 1.29 is 18.8 Å². The number of carbonyl (C=O) groups is 2. The van der Waals surface area contributed by atoms with Crippen LogP contribution in [0.5, 0.6) is 0 Å². The summed E-state index contributed by atoms with van der Waals surface area (Å²) in [4.78, 5) is 41.2. The first kappa shape index (κ1) is 22.2. The van der Waals surface area contributed by atoms with E-state index in [4.69, 9.17) is 20.9 Å². The first-order valence-corrected chi connectivity index (χ1v) is 10.5. The molecule has 1 N–H and O–H groups in total. The maximum atomic E-state index is 13.0. The molecule has 0 saturated carbocycles. The molecule has 33 heavy (non-hydrogen) atoms. The summed E-state index contributed by atoms with van der Waals surface area (Å²) < 4.78 is 11.5. The van der Waals surface area contributed by atoms with E-state index < -0.39 is 5.97 Å². The molecule has 0 spiro atoms. The SMILES string of the molecule is CCOC(=O)c1ccc(NC(=O)CCn2cnc3onc(-c4ccccc4Cl)c3c2=O)cc1. The number of halogens is 1. The van der Waals surface area contributed by atoms with E-state index in [1.807, 2.05) is 0 Å². The Morgan fingerprint density at radius 1 is 1.15 bits per heavy atom. The fourth-order valence-corrected chi connectivity index (χ4v) is 3.45. The van der Waals surface area contributed by atoms with E-state index in [1.165, 1.54) is 10.9 Å². The van der Waals surface area contributed by atoms with Gasteiger partial charge in [0.15, 0.2) is 0 Å². The molecule has 9 nitrogen and oxygen atoms in total. The van der Waals surface area contributed by atoms with Crippen molar-refractivity contribution in [1.29, 1.82) is 0 Å². The van der Waals surface area contributed by atoms with Crippen LogP contribution in [0.4, 0.5) is 5.69 Å². The fraction of sp³-hybridized carbons (Fsp3) is 0.174. The molecule has 0 saturated heterocycles. The van der Waals surface area contributed by atoms with Gasteiger partial charge in [-0.3, -0.25) is 14.2 Å². The van der Waals surface area contributed by atoms with Gasteiger partial charge >= 0.3 is 5.97 Å². The van der Waals surface area contributed by atoms with Crippen molar-refractivity contribution in [2.45, 2.75) is 19.9 Å². The molecule has 4 aromatic rings. The quantitative estimate of drug-likeness (QED) is 0.410. The highest BCUT2D eigenvalue weighted by atomic mass is 35.5. The van der Waals surface area contributed by atoms with Crippen LogP contribution in [0.2, 0.25) is 5.02 Å². The highest BCUT2D eigenvalue weighted by Gasteiger charge is 2.19. The maximum absolute atomic E-state index is 13.0. The van der Waals surface area contributed by atoms with Gasteiger partial charge in [0.05, 0.1) is 17.2 Å². The van der Waals surface area contributed by atoms with Crippen LogP contribution in [0.1, 0.15) is 23.7 Å². The number of aryl methyl sites for hydroxylation is 1. The van der Waals surface area contributed by atoms with E-state index in [2.05, 4.69) is 15.5 Å². The molecule has 0 atom stereocenters. The summed E-state index contributed by atoms with van der Waals surface area (Å²) in [6.45, 7) is 2.11. The minimum absolute atomic E-state index is 0.0272. The van der Waals surface area contributed by atoms with Gasteiger partial charge in [-0.05, 0) is 37.3 Å². The fourth-order valence-electron chi connectivity index (χ4n) is 3.23. The van der Waals surface area contributed by atoms with Crippen LogP contribution in [0.3, 0.4) is 0 Å². The van der Waals surface area contributed by atoms with Crippen molar-refractivity contribution in [3.8, 4) is 11.3 Å². The average molecular weight is 467 g/mol. The minimum atomic E-state index is -0.428. The molecule has 0 fully saturated rings.